The number of ether oxygens (including phenoxy) is 3. The summed E-state index contributed by atoms with van der Waals surface area (Å²) in [7, 11) is 3.14. The van der Waals surface area contributed by atoms with E-state index in [1.807, 2.05) is 16.7 Å². The van der Waals surface area contributed by atoms with Gasteiger partial charge < -0.3 is 23.9 Å². The lowest BCUT2D eigenvalue weighted by Gasteiger charge is -2.39. The first kappa shape index (κ1) is 16.7. The van der Waals surface area contributed by atoms with Crippen LogP contribution in [0.3, 0.4) is 0 Å². The third kappa shape index (κ3) is 2.31. The minimum absolute atomic E-state index is 0.232. The summed E-state index contributed by atoms with van der Waals surface area (Å²) >= 11 is 0. The van der Waals surface area contributed by atoms with E-state index in [2.05, 4.69) is 0 Å². The Kier molecular flexibility index (Phi) is 3.77. The molecule has 1 atom stereocenters. The molecule has 0 bridgehead atoms. The molecular weight excluding hydrogens is 338 g/mol. The van der Waals surface area contributed by atoms with Crippen LogP contribution in [0.5, 0.6) is 11.5 Å². The molecule has 4 rings (SSSR count). The van der Waals surface area contributed by atoms with Gasteiger partial charge in [0.2, 0.25) is 0 Å². The first-order chi connectivity index (χ1) is 12.5. The van der Waals surface area contributed by atoms with E-state index < -0.39 is 16.9 Å². The highest BCUT2D eigenvalue weighted by atomic mass is 16.5. The number of hydrogen-bond donors (Lipinski definition) is 1. The van der Waals surface area contributed by atoms with E-state index in [-0.39, 0.29) is 5.56 Å². The van der Waals surface area contributed by atoms with E-state index in [1.165, 1.54) is 12.3 Å². The predicted molar refractivity (Wildman–Crippen MR) is 93.3 cm³/mol. The minimum Gasteiger partial charge on any atom is -0.493 e. The second-order valence-electron chi connectivity index (χ2n) is 6.68. The summed E-state index contributed by atoms with van der Waals surface area (Å²) < 4.78 is 18.3. The summed E-state index contributed by atoms with van der Waals surface area (Å²) in [6.07, 6.45) is 2.86. The van der Waals surface area contributed by atoms with Crippen molar-refractivity contribution in [2.75, 3.05) is 27.4 Å². The van der Waals surface area contributed by atoms with E-state index in [0.717, 1.165) is 17.5 Å². The van der Waals surface area contributed by atoms with E-state index in [1.54, 1.807) is 14.2 Å². The van der Waals surface area contributed by atoms with Crippen molar-refractivity contribution in [3.8, 4) is 22.8 Å². The molecule has 2 aliphatic rings. The molecule has 2 aromatic rings. The summed E-state index contributed by atoms with van der Waals surface area (Å²) in [4.78, 5) is 23.8. The molecular formula is C19H19NO6. The van der Waals surface area contributed by atoms with E-state index in [0.29, 0.717) is 36.8 Å². The van der Waals surface area contributed by atoms with Crippen molar-refractivity contribution in [3.05, 3.63) is 45.7 Å². The van der Waals surface area contributed by atoms with Gasteiger partial charge in [-0.2, -0.15) is 0 Å². The van der Waals surface area contributed by atoms with Crippen molar-refractivity contribution in [1.82, 2.24) is 4.57 Å². The number of rotatable bonds is 3. The van der Waals surface area contributed by atoms with Gasteiger partial charge in [0, 0.05) is 24.4 Å². The Morgan fingerprint density at radius 3 is 2.58 bits per heavy atom. The van der Waals surface area contributed by atoms with Gasteiger partial charge in [0.25, 0.3) is 0 Å². The smallest absolute Gasteiger partial charge is 0.341 e. The highest BCUT2D eigenvalue weighted by Gasteiger charge is 2.42. The highest BCUT2D eigenvalue weighted by molar-refractivity contribution is 5.88. The van der Waals surface area contributed by atoms with Crippen molar-refractivity contribution >= 4 is 5.97 Å². The standard InChI is InChI=1S/C19H19NO6/c1-24-16-5-11-8-19(3-4-26-10-19)20-9-13(18(22)23)15(21)7-14(20)12(11)6-17(16)25-2/h5-7,9H,3-4,8,10H2,1-2H3,(H,22,23). The lowest BCUT2D eigenvalue weighted by atomic mass is 9.82. The number of carboxylic acid groups (broad SMARTS) is 1. The number of nitrogens with zero attached hydrogens (tertiary/aromatic N) is 1. The SMILES string of the molecule is COc1cc2c(cc1OC)-c1cc(=O)c(C(=O)O)cn1C1(CCOC1)C2. The van der Waals surface area contributed by atoms with Gasteiger partial charge in [0.15, 0.2) is 16.9 Å². The van der Waals surface area contributed by atoms with Crippen LogP contribution in [0.1, 0.15) is 22.3 Å². The molecule has 2 aliphatic heterocycles. The summed E-state index contributed by atoms with van der Waals surface area (Å²) in [5.41, 5.74) is 1.39. The zero-order valence-electron chi connectivity index (χ0n) is 14.6. The highest BCUT2D eigenvalue weighted by Crippen LogP contribution is 2.45. The Labute approximate surface area is 149 Å². The molecule has 1 saturated heterocycles. The van der Waals surface area contributed by atoms with E-state index in [4.69, 9.17) is 14.2 Å². The number of carbonyl (C=O) groups is 1. The van der Waals surface area contributed by atoms with Crippen LogP contribution in [-0.2, 0) is 16.7 Å². The maximum absolute atomic E-state index is 12.3. The van der Waals surface area contributed by atoms with Gasteiger partial charge in [-0.25, -0.2) is 4.79 Å². The summed E-state index contributed by atoms with van der Waals surface area (Å²) in [5, 5.41) is 9.36. The van der Waals surface area contributed by atoms with Crippen LogP contribution < -0.4 is 14.9 Å². The zero-order valence-corrected chi connectivity index (χ0v) is 14.6. The maximum atomic E-state index is 12.3. The van der Waals surface area contributed by atoms with Crippen molar-refractivity contribution in [3.63, 3.8) is 0 Å². The number of fused-ring (bicyclic) bond motifs is 4. The number of benzene rings is 1. The quantitative estimate of drug-likeness (QED) is 0.903. The Bertz CT molecular complexity index is 955. The molecule has 136 valence electrons. The molecule has 1 aromatic heterocycles. The molecule has 1 fully saturated rings. The Morgan fingerprint density at radius 1 is 1.23 bits per heavy atom. The number of aromatic carboxylic acids is 1. The fraction of sp³-hybridized carbons (Fsp3) is 0.368. The largest absolute Gasteiger partial charge is 0.493 e. The van der Waals surface area contributed by atoms with Crippen LogP contribution >= 0.6 is 0 Å². The van der Waals surface area contributed by atoms with Gasteiger partial charge >= 0.3 is 5.97 Å². The molecule has 7 nitrogen and oxygen atoms in total. The Hall–Kier alpha value is -2.80. The van der Waals surface area contributed by atoms with Gasteiger partial charge in [-0.3, -0.25) is 4.79 Å². The van der Waals surface area contributed by atoms with Crippen LogP contribution in [0.2, 0.25) is 0 Å². The van der Waals surface area contributed by atoms with Gasteiger partial charge in [0.05, 0.1) is 32.1 Å². The number of methoxy groups -OCH3 is 2. The fourth-order valence-corrected chi connectivity index (χ4v) is 3.97. The van der Waals surface area contributed by atoms with Gasteiger partial charge in [-0.1, -0.05) is 0 Å². The van der Waals surface area contributed by atoms with E-state index >= 15 is 0 Å². The van der Waals surface area contributed by atoms with Crippen molar-refractivity contribution in [2.24, 2.45) is 0 Å². The molecule has 3 heterocycles. The normalized spacial score (nSPS) is 20.5. The number of pyridine rings is 1. The summed E-state index contributed by atoms with van der Waals surface area (Å²) in [5.74, 6) is -0.0399. The average Bonchev–Trinajstić information content (AvgIpc) is 3.09. The Morgan fingerprint density at radius 2 is 1.96 bits per heavy atom. The fourth-order valence-electron chi connectivity index (χ4n) is 3.97. The van der Waals surface area contributed by atoms with Crippen LogP contribution in [0.15, 0.2) is 29.2 Å². The zero-order chi connectivity index (χ0) is 18.5. The van der Waals surface area contributed by atoms with Gasteiger partial charge in [-0.05, 0) is 30.5 Å². The molecule has 0 radical (unpaired) electrons. The van der Waals surface area contributed by atoms with Crippen molar-refractivity contribution in [1.29, 1.82) is 0 Å². The molecule has 7 heteroatoms. The van der Waals surface area contributed by atoms with Gasteiger partial charge in [-0.15, -0.1) is 0 Å². The lowest BCUT2D eigenvalue weighted by Crippen LogP contribution is -2.41. The van der Waals surface area contributed by atoms with Crippen LogP contribution in [0.25, 0.3) is 11.3 Å². The van der Waals surface area contributed by atoms with Crippen LogP contribution in [-0.4, -0.2) is 43.1 Å². The first-order valence-electron chi connectivity index (χ1n) is 8.32. The first-order valence-corrected chi connectivity index (χ1v) is 8.32. The second-order valence-corrected chi connectivity index (χ2v) is 6.68. The van der Waals surface area contributed by atoms with Crippen molar-refractivity contribution < 1.29 is 24.1 Å². The second kappa shape index (κ2) is 5.88. The molecule has 0 saturated carbocycles. The number of aromatic nitrogens is 1. The van der Waals surface area contributed by atoms with Crippen LogP contribution in [0, 0.1) is 0 Å². The monoisotopic (exact) mass is 357 g/mol. The molecule has 1 N–H and O–H groups in total. The minimum atomic E-state index is -1.22. The molecule has 0 amide bonds. The number of carboxylic acids is 1. The summed E-state index contributed by atoms with van der Waals surface area (Å²) in [6.45, 7) is 1.06. The van der Waals surface area contributed by atoms with Crippen molar-refractivity contribution in [2.45, 2.75) is 18.4 Å². The molecule has 1 spiro atoms. The third-order valence-corrected chi connectivity index (χ3v) is 5.28. The van der Waals surface area contributed by atoms with E-state index in [9.17, 15) is 14.7 Å². The molecule has 26 heavy (non-hydrogen) atoms. The van der Waals surface area contributed by atoms with Gasteiger partial charge in [0.1, 0.15) is 5.56 Å². The third-order valence-electron chi connectivity index (χ3n) is 5.28. The summed E-state index contributed by atoms with van der Waals surface area (Å²) in [6, 6.07) is 5.16. The number of hydrogen-bond acceptors (Lipinski definition) is 5. The average molecular weight is 357 g/mol. The molecule has 1 unspecified atom stereocenters. The lowest BCUT2D eigenvalue weighted by molar-refractivity contribution is 0.0693. The Balaban J connectivity index is 2.02. The maximum Gasteiger partial charge on any atom is 0.341 e. The molecule has 1 aromatic carbocycles. The molecule has 0 aliphatic carbocycles. The topological polar surface area (TPSA) is 87.0 Å². The van der Waals surface area contributed by atoms with Crippen LogP contribution in [0.4, 0.5) is 0 Å². The predicted octanol–water partition coefficient (Wildman–Crippen LogP) is 1.90.